The number of hydrogen-bond acceptors (Lipinski definition) is 3. The van der Waals surface area contributed by atoms with Crippen molar-refractivity contribution in [3.63, 3.8) is 0 Å². The molecule has 2 nitrogen and oxygen atoms in total. The van der Waals surface area contributed by atoms with Crippen molar-refractivity contribution in [1.82, 2.24) is 11.1 Å². The van der Waals surface area contributed by atoms with Gasteiger partial charge in [-0.15, -0.1) is 11.3 Å². The molecule has 0 aromatic carbocycles. The van der Waals surface area contributed by atoms with Gasteiger partial charge in [-0.05, 0) is 6.92 Å². The average molecular weight is 116 g/mol. The predicted molar refractivity (Wildman–Crippen MR) is 31.9 cm³/mol. The first kappa shape index (κ1) is 6.59. The lowest BCUT2D eigenvalue weighted by molar-refractivity contribution is 1.30. The molecule has 0 bridgehead atoms. The molecule has 0 atom stereocenters. The van der Waals surface area contributed by atoms with Crippen LogP contribution in [0.2, 0.25) is 0 Å². The van der Waals surface area contributed by atoms with Gasteiger partial charge in [0.2, 0.25) is 0 Å². The maximum absolute atomic E-state index is 3.94. The Labute approximate surface area is 46.8 Å². The lowest BCUT2D eigenvalue weighted by Gasteiger charge is -1.65. The van der Waals surface area contributed by atoms with Crippen LogP contribution in [0, 0.1) is 6.92 Å². The van der Waals surface area contributed by atoms with Gasteiger partial charge in [0.15, 0.2) is 0 Å². The van der Waals surface area contributed by atoms with Crippen LogP contribution >= 0.6 is 11.3 Å². The Hall–Kier alpha value is -0.410. The maximum Gasteiger partial charge on any atom is 0.0893 e. The SMILES string of the molecule is Cc1nccs1.N. The molecule has 1 aromatic rings. The van der Waals surface area contributed by atoms with Crippen molar-refractivity contribution in [2.75, 3.05) is 0 Å². The number of hydrogen-bond donors (Lipinski definition) is 1. The van der Waals surface area contributed by atoms with Gasteiger partial charge in [-0.2, -0.15) is 0 Å². The fourth-order valence-electron chi connectivity index (χ4n) is 0.295. The number of aryl methyl sites for hydroxylation is 1. The van der Waals surface area contributed by atoms with E-state index in [0.29, 0.717) is 0 Å². The van der Waals surface area contributed by atoms with E-state index >= 15 is 0 Å². The number of thiazole rings is 1. The molecule has 3 N–H and O–H groups in total. The summed E-state index contributed by atoms with van der Waals surface area (Å²) in [5, 5.41) is 3.10. The summed E-state index contributed by atoms with van der Waals surface area (Å²) >= 11 is 1.67. The Balaban J connectivity index is 0.000000360. The van der Waals surface area contributed by atoms with Crippen LogP contribution in [0.4, 0.5) is 0 Å². The van der Waals surface area contributed by atoms with E-state index in [-0.39, 0.29) is 6.15 Å². The minimum Gasteiger partial charge on any atom is -0.344 e. The molecule has 0 aliphatic carbocycles. The van der Waals surface area contributed by atoms with E-state index in [1.165, 1.54) is 0 Å². The van der Waals surface area contributed by atoms with Crippen LogP contribution in [-0.2, 0) is 0 Å². The highest BCUT2D eigenvalue weighted by molar-refractivity contribution is 7.09. The van der Waals surface area contributed by atoms with Crippen molar-refractivity contribution in [2.45, 2.75) is 6.92 Å². The fourth-order valence-corrected chi connectivity index (χ4v) is 0.735. The van der Waals surface area contributed by atoms with E-state index in [1.54, 1.807) is 17.5 Å². The second-order valence-corrected chi connectivity index (χ2v) is 2.15. The van der Waals surface area contributed by atoms with Crippen molar-refractivity contribution in [3.8, 4) is 0 Å². The first-order valence-corrected chi connectivity index (χ1v) is 2.63. The van der Waals surface area contributed by atoms with Gasteiger partial charge in [0.05, 0.1) is 5.01 Å². The molecule has 0 fully saturated rings. The van der Waals surface area contributed by atoms with Gasteiger partial charge in [-0.3, -0.25) is 4.98 Å². The van der Waals surface area contributed by atoms with E-state index < -0.39 is 0 Å². The monoisotopic (exact) mass is 116 g/mol. The van der Waals surface area contributed by atoms with E-state index in [0.717, 1.165) is 5.01 Å². The molecule has 1 rings (SSSR count). The second kappa shape index (κ2) is 2.71. The van der Waals surface area contributed by atoms with Crippen LogP contribution in [0.3, 0.4) is 0 Å². The van der Waals surface area contributed by atoms with Gasteiger partial charge in [-0.25, -0.2) is 0 Å². The van der Waals surface area contributed by atoms with Crippen molar-refractivity contribution in [2.24, 2.45) is 0 Å². The van der Waals surface area contributed by atoms with E-state index in [2.05, 4.69) is 4.98 Å². The molecule has 0 aliphatic rings. The molecule has 1 heterocycles. The summed E-state index contributed by atoms with van der Waals surface area (Å²) in [4.78, 5) is 3.94. The lowest BCUT2D eigenvalue weighted by atomic mass is 10.8. The normalized spacial score (nSPS) is 7.57. The Morgan fingerprint density at radius 1 is 1.71 bits per heavy atom. The van der Waals surface area contributed by atoms with Crippen LogP contribution in [-0.4, -0.2) is 4.98 Å². The van der Waals surface area contributed by atoms with E-state index in [1.807, 2.05) is 12.3 Å². The Morgan fingerprint density at radius 3 is 2.57 bits per heavy atom. The van der Waals surface area contributed by atoms with E-state index in [9.17, 15) is 0 Å². The molecule has 0 unspecified atom stereocenters. The largest absolute Gasteiger partial charge is 0.344 e. The summed E-state index contributed by atoms with van der Waals surface area (Å²) in [6, 6.07) is 0. The molecular formula is C4H8N2S. The molecule has 1 aromatic heterocycles. The molecule has 0 spiro atoms. The predicted octanol–water partition coefficient (Wildman–Crippen LogP) is 1.61. The van der Waals surface area contributed by atoms with Gasteiger partial charge >= 0.3 is 0 Å². The van der Waals surface area contributed by atoms with Gasteiger partial charge in [0, 0.05) is 11.6 Å². The highest BCUT2D eigenvalue weighted by atomic mass is 32.1. The van der Waals surface area contributed by atoms with Crippen molar-refractivity contribution < 1.29 is 0 Å². The standard InChI is InChI=1S/C4H5NS.H3N/c1-4-5-2-3-6-4;/h2-3H,1H3;1H3. The maximum atomic E-state index is 3.94. The first-order chi connectivity index (χ1) is 2.89. The Bertz CT molecular complexity index is 113. The highest BCUT2D eigenvalue weighted by Crippen LogP contribution is 1.98. The average Bonchev–Trinajstić information content (AvgIpc) is 1.86. The summed E-state index contributed by atoms with van der Waals surface area (Å²) in [7, 11) is 0. The minimum absolute atomic E-state index is 0. The zero-order chi connectivity index (χ0) is 4.41. The first-order valence-electron chi connectivity index (χ1n) is 1.75. The molecule has 0 saturated carbocycles. The molecule has 7 heavy (non-hydrogen) atoms. The van der Waals surface area contributed by atoms with Crippen molar-refractivity contribution in [1.29, 1.82) is 0 Å². The Morgan fingerprint density at radius 2 is 2.43 bits per heavy atom. The van der Waals surface area contributed by atoms with Crippen LogP contribution < -0.4 is 6.15 Å². The smallest absolute Gasteiger partial charge is 0.0893 e. The summed E-state index contributed by atoms with van der Waals surface area (Å²) in [6.45, 7) is 1.99. The van der Waals surface area contributed by atoms with Gasteiger partial charge in [0.1, 0.15) is 0 Å². The number of rotatable bonds is 0. The molecule has 3 heteroatoms. The van der Waals surface area contributed by atoms with Crippen LogP contribution in [0.25, 0.3) is 0 Å². The topological polar surface area (TPSA) is 47.9 Å². The van der Waals surface area contributed by atoms with Crippen molar-refractivity contribution >= 4 is 11.3 Å². The summed E-state index contributed by atoms with van der Waals surface area (Å²) in [6.07, 6.45) is 1.81. The molecule has 40 valence electrons. The third-order valence-corrected chi connectivity index (χ3v) is 1.26. The zero-order valence-electron chi connectivity index (χ0n) is 4.22. The molecule has 0 aliphatic heterocycles. The lowest BCUT2D eigenvalue weighted by Crippen LogP contribution is -1.56. The molecule has 0 saturated heterocycles. The van der Waals surface area contributed by atoms with Crippen LogP contribution in [0.5, 0.6) is 0 Å². The Kier molecular flexibility index (Phi) is 2.55. The van der Waals surface area contributed by atoms with Crippen molar-refractivity contribution in [3.05, 3.63) is 16.6 Å². The minimum atomic E-state index is 0. The summed E-state index contributed by atoms with van der Waals surface area (Å²) < 4.78 is 0. The molecular weight excluding hydrogens is 108 g/mol. The summed E-state index contributed by atoms with van der Waals surface area (Å²) in [5.74, 6) is 0. The third kappa shape index (κ3) is 1.66. The third-order valence-electron chi connectivity index (χ3n) is 0.556. The number of nitrogens with zero attached hydrogens (tertiary/aromatic N) is 1. The zero-order valence-corrected chi connectivity index (χ0v) is 5.03. The van der Waals surface area contributed by atoms with Gasteiger partial charge in [-0.1, -0.05) is 0 Å². The molecule has 0 radical (unpaired) electrons. The molecule has 0 amide bonds. The fraction of sp³-hybridized carbons (Fsp3) is 0.250. The van der Waals surface area contributed by atoms with E-state index in [4.69, 9.17) is 0 Å². The van der Waals surface area contributed by atoms with Gasteiger partial charge in [0.25, 0.3) is 0 Å². The van der Waals surface area contributed by atoms with Gasteiger partial charge < -0.3 is 6.15 Å². The van der Waals surface area contributed by atoms with Crippen LogP contribution in [0.1, 0.15) is 5.01 Å². The summed E-state index contributed by atoms with van der Waals surface area (Å²) in [5.41, 5.74) is 0. The quantitative estimate of drug-likeness (QED) is 0.559. The highest BCUT2D eigenvalue weighted by Gasteiger charge is 1.76. The second-order valence-electron chi connectivity index (χ2n) is 1.05. The van der Waals surface area contributed by atoms with Crippen LogP contribution in [0.15, 0.2) is 11.6 Å². The number of aromatic nitrogens is 1.